The van der Waals surface area contributed by atoms with Crippen molar-refractivity contribution in [2.45, 2.75) is 64.0 Å². The third-order valence-corrected chi connectivity index (χ3v) is 8.25. The molecular formula is C26H31F2N3O5S. The molecule has 1 heterocycles. The van der Waals surface area contributed by atoms with Crippen LogP contribution in [0.4, 0.5) is 20.2 Å². The highest BCUT2D eigenvalue weighted by atomic mass is 32.2. The van der Waals surface area contributed by atoms with Crippen LogP contribution in [0.2, 0.25) is 0 Å². The number of benzene rings is 2. The van der Waals surface area contributed by atoms with E-state index in [0.717, 1.165) is 32.1 Å². The van der Waals surface area contributed by atoms with E-state index in [9.17, 15) is 26.8 Å². The SMILES string of the molecule is CC1(C)C(=O)N(c2cccc(OC(F)F)c2)c2ccc(C(=O)NCCS(=O)(=O)NC3CCCCC3)cc21. The number of amides is 2. The number of hydrogen-bond acceptors (Lipinski definition) is 5. The zero-order valence-corrected chi connectivity index (χ0v) is 21.6. The van der Waals surface area contributed by atoms with Gasteiger partial charge in [0.2, 0.25) is 15.9 Å². The summed E-state index contributed by atoms with van der Waals surface area (Å²) >= 11 is 0. The highest BCUT2D eigenvalue weighted by molar-refractivity contribution is 7.89. The Morgan fingerprint density at radius 1 is 1.14 bits per heavy atom. The van der Waals surface area contributed by atoms with E-state index in [0.29, 0.717) is 16.9 Å². The lowest BCUT2D eigenvalue weighted by molar-refractivity contribution is -0.121. The molecule has 1 fully saturated rings. The summed E-state index contributed by atoms with van der Waals surface area (Å²) in [5, 5.41) is 2.65. The lowest BCUT2D eigenvalue weighted by Gasteiger charge is -2.22. The van der Waals surface area contributed by atoms with E-state index in [1.165, 1.54) is 23.1 Å². The molecule has 4 rings (SSSR count). The first-order chi connectivity index (χ1) is 17.5. The second-order valence-electron chi connectivity index (χ2n) is 9.90. The average molecular weight is 536 g/mol. The Morgan fingerprint density at radius 2 is 1.86 bits per heavy atom. The Kier molecular flexibility index (Phi) is 7.84. The molecule has 8 nitrogen and oxygen atoms in total. The van der Waals surface area contributed by atoms with Crippen molar-refractivity contribution in [1.82, 2.24) is 10.0 Å². The smallest absolute Gasteiger partial charge is 0.387 e. The van der Waals surface area contributed by atoms with Crippen LogP contribution in [0, 0.1) is 0 Å². The molecule has 0 aromatic heterocycles. The van der Waals surface area contributed by atoms with Gasteiger partial charge in [-0.2, -0.15) is 8.78 Å². The molecule has 200 valence electrons. The van der Waals surface area contributed by atoms with E-state index in [1.807, 2.05) is 0 Å². The van der Waals surface area contributed by atoms with Crippen molar-refractivity contribution in [3.63, 3.8) is 0 Å². The number of nitrogens with one attached hydrogen (secondary N) is 2. The molecule has 2 aliphatic rings. The fourth-order valence-corrected chi connectivity index (χ4v) is 6.10. The van der Waals surface area contributed by atoms with Crippen LogP contribution in [-0.2, 0) is 20.2 Å². The lowest BCUT2D eigenvalue weighted by atomic mass is 9.85. The zero-order chi connectivity index (χ0) is 26.8. The summed E-state index contributed by atoms with van der Waals surface area (Å²) in [6.45, 7) is 0.397. The van der Waals surface area contributed by atoms with Crippen LogP contribution in [0.5, 0.6) is 5.75 Å². The molecule has 2 amide bonds. The van der Waals surface area contributed by atoms with Gasteiger partial charge in [0.15, 0.2) is 0 Å². The standard InChI is InChI=1S/C26H31F2N3O5S/c1-26(2)21-15-17(23(32)29-13-14-37(34,35)30-18-7-4-3-5-8-18)11-12-22(21)31(24(26)33)19-9-6-10-20(16-19)36-25(27)28/h6,9-12,15-16,18,25,30H,3-5,7-8,13-14H2,1-2H3,(H,29,32). The van der Waals surface area contributed by atoms with Gasteiger partial charge in [0.25, 0.3) is 5.91 Å². The minimum atomic E-state index is -3.52. The number of alkyl halides is 2. The molecule has 0 saturated heterocycles. The summed E-state index contributed by atoms with van der Waals surface area (Å²) in [5.41, 5.74) is 0.784. The fourth-order valence-electron chi connectivity index (χ4n) is 4.87. The maximum atomic E-state index is 13.3. The number of carbonyl (C=O) groups excluding carboxylic acids is 2. The number of rotatable bonds is 9. The van der Waals surface area contributed by atoms with E-state index in [1.54, 1.807) is 38.1 Å². The van der Waals surface area contributed by atoms with Crippen molar-refractivity contribution in [2.75, 3.05) is 17.2 Å². The number of ether oxygens (including phenoxy) is 1. The molecule has 0 unspecified atom stereocenters. The van der Waals surface area contributed by atoms with Crippen LogP contribution >= 0.6 is 0 Å². The van der Waals surface area contributed by atoms with Crippen molar-refractivity contribution in [3.8, 4) is 5.75 Å². The summed E-state index contributed by atoms with van der Waals surface area (Å²) in [4.78, 5) is 27.5. The summed E-state index contributed by atoms with van der Waals surface area (Å²) in [6.07, 6.45) is 4.79. The number of fused-ring (bicyclic) bond motifs is 1. The van der Waals surface area contributed by atoms with Crippen molar-refractivity contribution in [2.24, 2.45) is 0 Å². The van der Waals surface area contributed by atoms with E-state index in [4.69, 9.17) is 0 Å². The Morgan fingerprint density at radius 3 is 2.57 bits per heavy atom. The molecule has 2 aromatic carbocycles. The number of hydrogen-bond donors (Lipinski definition) is 2. The van der Waals surface area contributed by atoms with Gasteiger partial charge in [0.05, 0.1) is 22.5 Å². The third-order valence-electron chi connectivity index (χ3n) is 6.82. The number of sulfonamides is 1. The predicted molar refractivity (Wildman–Crippen MR) is 136 cm³/mol. The molecule has 11 heteroatoms. The van der Waals surface area contributed by atoms with E-state index in [2.05, 4.69) is 14.8 Å². The molecular weight excluding hydrogens is 504 g/mol. The van der Waals surface area contributed by atoms with E-state index >= 15 is 0 Å². The monoisotopic (exact) mass is 535 g/mol. The largest absolute Gasteiger partial charge is 0.435 e. The van der Waals surface area contributed by atoms with E-state index in [-0.39, 0.29) is 35.6 Å². The second kappa shape index (κ2) is 10.7. The highest BCUT2D eigenvalue weighted by Gasteiger charge is 2.45. The first kappa shape index (κ1) is 27.0. The Balaban J connectivity index is 1.47. The Hall–Kier alpha value is -3.05. The Labute approximate surface area is 215 Å². The lowest BCUT2D eigenvalue weighted by Crippen LogP contribution is -2.40. The molecule has 1 aliphatic carbocycles. The van der Waals surface area contributed by atoms with Gasteiger partial charge < -0.3 is 10.1 Å². The molecule has 1 aliphatic heterocycles. The maximum Gasteiger partial charge on any atom is 0.387 e. The molecule has 1 saturated carbocycles. The first-order valence-corrected chi connectivity index (χ1v) is 14.0. The number of anilines is 2. The van der Waals surface area contributed by atoms with Gasteiger partial charge in [-0.3, -0.25) is 14.5 Å². The number of nitrogens with zero attached hydrogens (tertiary/aromatic N) is 1. The molecule has 0 atom stereocenters. The number of halogens is 2. The van der Waals surface area contributed by atoms with Crippen molar-refractivity contribution >= 4 is 33.2 Å². The Bertz CT molecular complexity index is 1280. The quantitative estimate of drug-likeness (QED) is 0.500. The van der Waals surface area contributed by atoms with Crippen LogP contribution in [0.25, 0.3) is 0 Å². The molecule has 2 aromatic rings. The maximum absolute atomic E-state index is 13.3. The van der Waals surface area contributed by atoms with Crippen LogP contribution < -0.4 is 19.7 Å². The van der Waals surface area contributed by atoms with Gasteiger partial charge in [-0.05, 0) is 62.6 Å². The van der Waals surface area contributed by atoms with Gasteiger partial charge in [0, 0.05) is 24.2 Å². The van der Waals surface area contributed by atoms with Gasteiger partial charge in [-0.25, -0.2) is 13.1 Å². The van der Waals surface area contributed by atoms with Crippen LogP contribution in [-0.4, -0.2) is 45.2 Å². The van der Waals surface area contributed by atoms with Crippen LogP contribution in [0.15, 0.2) is 42.5 Å². The first-order valence-electron chi connectivity index (χ1n) is 12.3. The normalized spacial score (nSPS) is 17.6. The van der Waals surface area contributed by atoms with Crippen LogP contribution in [0.1, 0.15) is 61.9 Å². The predicted octanol–water partition coefficient (Wildman–Crippen LogP) is 4.23. The zero-order valence-electron chi connectivity index (χ0n) is 20.8. The minimum absolute atomic E-state index is 0.0449. The van der Waals surface area contributed by atoms with Crippen LogP contribution in [0.3, 0.4) is 0 Å². The van der Waals surface area contributed by atoms with Crippen molar-refractivity contribution < 1.29 is 31.5 Å². The molecule has 37 heavy (non-hydrogen) atoms. The second-order valence-corrected chi connectivity index (χ2v) is 11.8. The van der Waals surface area contributed by atoms with E-state index < -0.39 is 28.0 Å². The summed E-state index contributed by atoms with van der Waals surface area (Å²) in [5.74, 6) is -1.04. The summed E-state index contributed by atoms with van der Waals surface area (Å²) in [7, 11) is -3.52. The van der Waals surface area contributed by atoms with Crippen molar-refractivity contribution in [3.05, 3.63) is 53.6 Å². The van der Waals surface area contributed by atoms with Gasteiger partial charge in [-0.1, -0.05) is 25.3 Å². The summed E-state index contributed by atoms with van der Waals surface area (Å²) in [6, 6.07) is 10.6. The third kappa shape index (κ3) is 6.10. The molecule has 0 radical (unpaired) electrons. The topological polar surface area (TPSA) is 105 Å². The van der Waals surface area contributed by atoms with Gasteiger partial charge in [-0.15, -0.1) is 0 Å². The number of carbonyl (C=O) groups is 2. The minimum Gasteiger partial charge on any atom is -0.435 e. The van der Waals surface area contributed by atoms with Gasteiger partial charge >= 0.3 is 6.61 Å². The molecule has 0 spiro atoms. The average Bonchev–Trinajstić information content (AvgIpc) is 3.04. The summed E-state index contributed by atoms with van der Waals surface area (Å²) < 4.78 is 57.3. The van der Waals surface area contributed by atoms with Crippen molar-refractivity contribution in [1.29, 1.82) is 0 Å². The molecule has 2 N–H and O–H groups in total. The highest BCUT2D eigenvalue weighted by Crippen LogP contribution is 2.46. The molecule has 0 bridgehead atoms. The van der Waals surface area contributed by atoms with Gasteiger partial charge in [0.1, 0.15) is 5.75 Å². The fraction of sp³-hybridized carbons (Fsp3) is 0.462.